The topological polar surface area (TPSA) is 645 Å². The molecule has 40 nitrogen and oxygen atoms in total. The molecular weight excluding hydrogens is 1820 g/mol. The number of hydrogen-bond acceptors (Lipinski definition) is 20. The number of halogens is 1. The first-order valence-corrected chi connectivity index (χ1v) is 48.6. The zero-order valence-electron chi connectivity index (χ0n) is 78.1. The lowest BCUT2D eigenvalue weighted by molar-refractivity contribution is -0.143. The number of terminal acetylenes is 1. The van der Waals surface area contributed by atoms with E-state index in [9.17, 15) is 36.3 Å². The van der Waals surface area contributed by atoms with Gasteiger partial charge in [-0.3, -0.25) is 73.1 Å². The largest absolute Gasteiger partial charge is 0.488 e. The third kappa shape index (κ3) is 27.8. The summed E-state index contributed by atoms with van der Waals surface area (Å²) in [6, 6.07) is 18.9. The molecule has 0 bridgehead atoms. The minimum absolute atomic E-state index is 0.00372. The highest BCUT2D eigenvalue weighted by Crippen LogP contribution is 2.36. The summed E-state index contributed by atoms with van der Waals surface area (Å²) in [6.07, 6.45) is 12.3. The number of nitrogens with zero attached hydrogens (tertiary/aromatic N) is 2. The maximum Gasteiger partial charge on any atom is 0.488 e. The van der Waals surface area contributed by atoms with Crippen LogP contribution in [0.3, 0.4) is 0 Å². The Hall–Kier alpha value is -14.7. The molecule has 140 heavy (non-hydrogen) atoms. The average molecular weight is 1950 g/mol. The molecule has 15 atom stereocenters. The van der Waals surface area contributed by atoms with Gasteiger partial charge >= 0.3 is 10.5 Å². The van der Waals surface area contributed by atoms with Crippen molar-refractivity contribution in [1.29, 1.82) is 10.8 Å². The van der Waals surface area contributed by atoms with Crippen LogP contribution in [0.1, 0.15) is 145 Å². The fraction of sp³-hybridized carbons (Fsp3) is 0.439. The van der Waals surface area contributed by atoms with Crippen molar-refractivity contribution >= 4 is 143 Å². The number of guanidine groups is 2. The molecule has 2 aliphatic heterocycles. The predicted octanol–water partition coefficient (Wildman–Crippen LogP) is 2.59. The van der Waals surface area contributed by atoms with Gasteiger partial charge in [-0.1, -0.05) is 116 Å². The Morgan fingerprint density at radius 3 is 1.39 bits per heavy atom. The van der Waals surface area contributed by atoms with E-state index < -0.39 is 184 Å². The number of nitrogens with two attached hydrogens (primary N) is 5. The van der Waals surface area contributed by atoms with E-state index >= 15 is 38.4 Å². The molecule has 0 spiro atoms. The smallest absolute Gasteiger partial charge is 0.370 e. The number of likely N-dealkylation sites (tertiary alicyclic amines) is 2. The van der Waals surface area contributed by atoms with Crippen molar-refractivity contribution in [2.24, 2.45) is 46.4 Å². The number of carbonyl (C=O) groups is 13. The summed E-state index contributed by atoms with van der Waals surface area (Å²) in [5, 5.41) is 48.9. The summed E-state index contributed by atoms with van der Waals surface area (Å²) in [5.74, 6) is -10.9. The van der Waals surface area contributed by atoms with Crippen molar-refractivity contribution in [2.45, 2.75) is 221 Å². The van der Waals surface area contributed by atoms with Crippen molar-refractivity contribution in [1.82, 2.24) is 88.2 Å². The van der Waals surface area contributed by atoms with Crippen LogP contribution in [0.5, 0.6) is 5.75 Å². The molecule has 746 valence electrons. The van der Waals surface area contributed by atoms with Gasteiger partial charge < -0.3 is 121 Å². The quantitative estimate of drug-likeness (QED) is 0.00856. The molecule has 12 rings (SSSR count). The number of hydrogen-bond donors (Lipinski definition) is 22. The minimum Gasteiger partial charge on any atom is -0.370 e. The van der Waals surface area contributed by atoms with E-state index in [0.29, 0.717) is 69.0 Å². The van der Waals surface area contributed by atoms with Crippen LogP contribution in [0.25, 0.3) is 43.6 Å². The Balaban J connectivity index is 0.823. The molecule has 5 aromatic carbocycles. The molecule has 3 aliphatic rings. The molecule has 1 saturated carbocycles. The molecule has 4 aromatic heterocycles. The zero-order chi connectivity index (χ0) is 100. The van der Waals surface area contributed by atoms with E-state index in [-0.39, 0.29) is 165 Å². The minimum atomic E-state index is -5.54. The van der Waals surface area contributed by atoms with E-state index in [1.807, 2.05) is 62.4 Å². The first-order chi connectivity index (χ1) is 67.1. The zero-order valence-corrected chi connectivity index (χ0v) is 78.9. The monoisotopic (exact) mass is 1940 g/mol. The highest BCUT2D eigenvalue weighted by Gasteiger charge is 2.46. The number of H-pyrrole nitrogens is 4. The van der Waals surface area contributed by atoms with Gasteiger partial charge in [-0.05, 0) is 166 Å². The fourth-order valence-corrected chi connectivity index (χ4v) is 19.0. The number of Topliss-reactive ketones (excluding diaryl/α,β-unsaturated/α-hetero) is 1. The first kappa shape index (κ1) is 104. The summed E-state index contributed by atoms with van der Waals surface area (Å²) < 4.78 is 42.0. The van der Waals surface area contributed by atoms with Gasteiger partial charge in [0, 0.05) is 139 Å². The number of benzene rings is 5. The Morgan fingerprint density at radius 2 is 0.914 bits per heavy atom. The Labute approximate surface area is 808 Å². The Bertz CT molecular complexity index is 6120. The lowest BCUT2D eigenvalue weighted by Crippen LogP contribution is -2.61. The number of aromatic nitrogens is 4. The van der Waals surface area contributed by atoms with Crippen molar-refractivity contribution in [3.05, 3.63) is 174 Å². The molecule has 0 radical (unpaired) electrons. The number of para-hydroxylation sites is 4. The van der Waals surface area contributed by atoms with E-state index in [2.05, 4.69) is 88.5 Å². The summed E-state index contributed by atoms with van der Waals surface area (Å²) in [7, 11) is -5.54. The van der Waals surface area contributed by atoms with Crippen molar-refractivity contribution in [2.75, 3.05) is 32.7 Å². The molecule has 6 heterocycles. The van der Waals surface area contributed by atoms with Gasteiger partial charge in [0.2, 0.25) is 70.9 Å². The van der Waals surface area contributed by atoms with E-state index in [1.165, 1.54) is 21.9 Å². The maximum atomic E-state index is 16.0. The molecule has 9 aromatic rings. The molecule has 2 saturated heterocycles. The van der Waals surface area contributed by atoms with Gasteiger partial charge in [0.25, 0.3) is 0 Å². The van der Waals surface area contributed by atoms with Crippen LogP contribution in [-0.4, -0.2) is 232 Å². The molecule has 42 heteroatoms. The molecule has 3 fully saturated rings. The number of aromatic amines is 4. The summed E-state index contributed by atoms with van der Waals surface area (Å²) in [5.41, 5.74) is 34.3. The second kappa shape index (κ2) is 49.0. The average Bonchev–Trinajstić information content (AvgIpc) is 1.64. The second-order valence-electron chi connectivity index (χ2n) is 36.0. The molecule has 12 amide bonds. The lowest BCUT2D eigenvalue weighted by Gasteiger charge is -2.32. The second-order valence-corrected chi connectivity index (χ2v) is 37.0. The summed E-state index contributed by atoms with van der Waals surface area (Å²) in [6.45, 7) is 3.98. The highest BCUT2D eigenvalue weighted by molar-refractivity contribution is 7.81. The van der Waals surface area contributed by atoms with Gasteiger partial charge in [-0.25, -0.2) is 0 Å². The van der Waals surface area contributed by atoms with E-state index in [0.717, 1.165) is 28.4 Å². The number of nitrogens with one attached hydrogen (secondary N) is 17. The summed E-state index contributed by atoms with van der Waals surface area (Å²) >= 11 is 0. The number of rotatable bonds is 50. The van der Waals surface area contributed by atoms with E-state index in [4.69, 9.17) is 45.9 Å². The first-order valence-electron chi connectivity index (χ1n) is 47.3. The number of primary amides is 1. The number of fused-ring (bicyclic) bond motifs is 4. The van der Waals surface area contributed by atoms with Crippen LogP contribution in [-0.2, 0) is 105 Å². The number of amides is 12. The Kier molecular flexibility index (Phi) is 36.5. The number of carbonyl (C=O) groups excluding carboxylic acids is 13. The van der Waals surface area contributed by atoms with Gasteiger partial charge in [0.1, 0.15) is 66.2 Å². The third-order valence-electron chi connectivity index (χ3n) is 26.3. The van der Waals surface area contributed by atoms with Crippen molar-refractivity contribution < 1.29 is 78.8 Å². The van der Waals surface area contributed by atoms with Crippen LogP contribution in [0.15, 0.2) is 146 Å². The third-order valence-corrected chi connectivity index (χ3v) is 26.7. The fourth-order valence-electron chi connectivity index (χ4n) is 18.6. The number of ketones is 1. The normalized spacial score (nSPS) is 17.6. The Morgan fingerprint density at radius 1 is 0.493 bits per heavy atom. The van der Waals surface area contributed by atoms with Crippen LogP contribution >= 0.6 is 0 Å². The van der Waals surface area contributed by atoms with Gasteiger partial charge in [-0.15, -0.1) is 12.3 Å². The molecular formula is C98H125FN24O16S. The standard InChI is InChI=1S/C98H125FN24O16S/c1-4-21-72(113-94(134)83(101)55(3)5-2)84(124)66-26-16-27-67(66)86(126)117-77(48-58-52-109-69-29-11-7-23-63(58)69)90(130)115-74(32-14-15-41-100)88(128)120-79(49-59-53-110-70-30-12-8-24-64(59)70)95(135)122-44-19-35-81(122)92(132)118-76(46-56-37-39-62(40-38-56)139-140(99,137)138)89(129)121-80(50-60-54-111-71-31-13-9-25-65(60)71)96(136)123-45-20-36-82(123)93(133)119-78(51-61-47-57-22-6-10-28-68(57)112-61)91(131)116-75(34-18-43-108-98(105)106)87(127)114-73(85(102)125)33-17-42-107-97(103)104/h1,6-13,22-25,28-31,37-40,47,52-55,66-67,72-83,109-112H,5,14-21,26-27,32-36,41-46,48-51,100-101H2,2-3H3,(H2,102,125)(H,113,134)(H,114,127)(H,115,130)(H,116,131)(H,117,126)(H,118,132)(H,119,133)(H,120,128)(H,121,129)(H4,103,104,107)(H4,105,106,108)/t55-,66?,67+,72-,73-,74-,75-,76-,77-,78-,79-,80-,81-,82-,83-/m0/s1. The lowest BCUT2D eigenvalue weighted by atomic mass is 9.86. The maximum absolute atomic E-state index is 16.0. The molecule has 1 unspecified atom stereocenters. The highest BCUT2D eigenvalue weighted by atomic mass is 32.3. The SMILES string of the molecule is C#CC[C@H](NC(=O)[C@@H](N)[C@@H](C)CC)C(=O)C1CCC[C@H]1C(=O)N[C@@H](Cc1c[nH]c2ccccc12)C(=O)N[C@@H](CCCCN)C(=O)N[C@@H](Cc1c[nH]c2ccccc12)C(=O)N1CCC[C@H]1C(=O)N[C@@H](Cc1ccc(OS(=O)(=O)F)cc1)C(=O)N[C@@H](Cc1c[nH]c2ccccc12)C(=O)N1CCC[C@H]1C(=O)N[C@@H](Cc1cc2ccccc2[nH]1)C(=O)N[C@@H](CCCNC(=N)N)C(=O)N[C@@H](CCCNC(=N)N)C(N)=O. The van der Waals surface area contributed by atoms with Crippen molar-refractivity contribution in [3.63, 3.8) is 0 Å². The summed E-state index contributed by atoms with van der Waals surface area (Å²) in [4.78, 5) is 211. The molecule has 27 N–H and O–H groups in total. The van der Waals surface area contributed by atoms with Crippen LogP contribution in [0.2, 0.25) is 0 Å². The van der Waals surface area contributed by atoms with Gasteiger partial charge in [0.05, 0.1) is 12.1 Å². The van der Waals surface area contributed by atoms with Gasteiger partial charge in [-0.2, -0.15) is 8.42 Å². The van der Waals surface area contributed by atoms with Crippen molar-refractivity contribution in [3.8, 4) is 18.1 Å². The van der Waals surface area contributed by atoms with Crippen LogP contribution < -0.4 is 91.3 Å². The molecule has 1 aliphatic carbocycles. The van der Waals surface area contributed by atoms with Gasteiger partial charge in [0.15, 0.2) is 17.7 Å². The van der Waals surface area contributed by atoms with Crippen LogP contribution in [0, 0.1) is 40.9 Å². The number of unbranched alkanes of at least 4 members (excludes halogenated alkanes) is 1. The predicted molar refractivity (Wildman–Crippen MR) is 523 cm³/mol. The van der Waals surface area contributed by atoms with E-state index in [1.54, 1.807) is 73.2 Å². The van der Waals surface area contributed by atoms with Crippen LogP contribution in [0.4, 0.5) is 3.89 Å².